The number of rotatable bonds is 3. The topological polar surface area (TPSA) is 42.8 Å². The lowest BCUT2D eigenvalue weighted by atomic mass is 10.2. The van der Waals surface area contributed by atoms with Crippen LogP contribution in [-0.2, 0) is 0 Å². The van der Waals surface area contributed by atoms with Crippen LogP contribution in [0.3, 0.4) is 0 Å². The minimum Gasteiger partial charge on any atom is -0.497 e. The van der Waals surface area contributed by atoms with Gasteiger partial charge in [-0.25, -0.2) is 0 Å². The third-order valence-corrected chi connectivity index (χ3v) is 2.82. The molecule has 0 aliphatic carbocycles. The zero-order valence-electron chi connectivity index (χ0n) is 10.1. The molecule has 90 valence electrons. The molecule has 0 saturated carbocycles. The molecule has 1 aromatic carbocycles. The fourth-order valence-electron chi connectivity index (χ4n) is 1.68. The van der Waals surface area contributed by atoms with E-state index < -0.39 is 0 Å². The number of ether oxygens (including phenoxy) is 1. The van der Waals surface area contributed by atoms with Crippen LogP contribution in [0.2, 0.25) is 0 Å². The molecule has 2 aromatic rings. The van der Waals surface area contributed by atoms with Gasteiger partial charge in [0.1, 0.15) is 11.6 Å². The molecule has 0 fully saturated rings. The Hall–Kier alpha value is -1.62. The number of nitrogens with zero attached hydrogens (tertiary/aromatic N) is 2. The van der Waals surface area contributed by atoms with E-state index in [4.69, 9.17) is 17.0 Å². The summed E-state index contributed by atoms with van der Waals surface area (Å²) in [5.41, 5.74) is 0.994. The Morgan fingerprint density at radius 3 is 2.47 bits per heavy atom. The average Bonchev–Trinajstić information content (AvgIpc) is 2.71. The smallest absolute Gasteiger partial charge is 0.199 e. The molecule has 0 atom stereocenters. The van der Waals surface area contributed by atoms with Gasteiger partial charge in [-0.2, -0.15) is 5.10 Å². The molecule has 0 aliphatic heterocycles. The van der Waals surface area contributed by atoms with Crippen LogP contribution in [0.1, 0.15) is 25.6 Å². The lowest BCUT2D eigenvalue weighted by Crippen LogP contribution is -2.03. The van der Waals surface area contributed by atoms with Crippen LogP contribution in [0.4, 0.5) is 0 Å². The van der Waals surface area contributed by atoms with Crippen molar-refractivity contribution in [1.29, 1.82) is 0 Å². The van der Waals surface area contributed by atoms with Gasteiger partial charge in [0.2, 0.25) is 0 Å². The first kappa shape index (κ1) is 11.9. The van der Waals surface area contributed by atoms with E-state index >= 15 is 0 Å². The summed E-state index contributed by atoms with van der Waals surface area (Å²) in [4.78, 5) is 0. The van der Waals surface area contributed by atoms with Crippen molar-refractivity contribution >= 4 is 12.2 Å². The van der Waals surface area contributed by atoms with Gasteiger partial charge in [0.05, 0.1) is 7.11 Å². The van der Waals surface area contributed by atoms with Crippen molar-refractivity contribution in [3.63, 3.8) is 0 Å². The molecule has 0 bridgehead atoms. The number of aromatic amines is 1. The molecule has 17 heavy (non-hydrogen) atoms. The summed E-state index contributed by atoms with van der Waals surface area (Å²) in [5, 5.41) is 7.08. The van der Waals surface area contributed by atoms with Gasteiger partial charge in [0.15, 0.2) is 4.77 Å². The standard InChI is InChI=1S/C12H15N3OS/c1-8(2)11-13-14-12(17)15(11)9-4-6-10(16-3)7-5-9/h4-8H,1-3H3,(H,14,17). The molecule has 0 aliphatic rings. The zero-order chi connectivity index (χ0) is 12.4. The molecular formula is C12H15N3OS. The maximum atomic E-state index is 5.25. The van der Waals surface area contributed by atoms with Gasteiger partial charge in [-0.15, -0.1) is 0 Å². The van der Waals surface area contributed by atoms with Crippen molar-refractivity contribution in [2.45, 2.75) is 19.8 Å². The second-order valence-electron chi connectivity index (χ2n) is 4.08. The monoisotopic (exact) mass is 249 g/mol. The van der Waals surface area contributed by atoms with E-state index in [1.807, 2.05) is 28.8 Å². The van der Waals surface area contributed by atoms with Gasteiger partial charge in [0.25, 0.3) is 0 Å². The van der Waals surface area contributed by atoms with Crippen LogP contribution >= 0.6 is 12.2 Å². The molecule has 0 spiro atoms. The van der Waals surface area contributed by atoms with Crippen molar-refractivity contribution in [3.05, 3.63) is 34.9 Å². The van der Waals surface area contributed by atoms with Gasteiger partial charge in [-0.3, -0.25) is 9.67 Å². The van der Waals surface area contributed by atoms with Gasteiger partial charge in [-0.05, 0) is 36.5 Å². The summed E-state index contributed by atoms with van der Waals surface area (Å²) in [6.45, 7) is 4.18. The number of benzene rings is 1. The molecule has 1 heterocycles. The Bertz CT molecular complexity index is 554. The largest absolute Gasteiger partial charge is 0.497 e. The highest BCUT2D eigenvalue weighted by Gasteiger charge is 2.11. The van der Waals surface area contributed by atoms with Gasteiger partial charge in [0, 0.05) is 11.6 Å². The average molecular weight is 249 g/mol. The summed E-state index contributed by atoms with van der Waals surface area (Å²) < 4.78 is 7.69. The van der Waals surface area contributed by atoms with E-state index in [2.05, 4.69) is 24.0 Å². The van der Waals surface area contributed by atoms with E-state index in [-0.39, 0.29) is 0 Å². The van der Waals surface area contributed by atoms with Crippen molar-refractivity contribution in [2.24, 2.45) is 0 Å². The van der Waals surface area contributed by atoms with E-state index in [0.29, 0.717) is 10.7 Å². The Morgan fingerprint density at radius 1 is 1.29 bits per heavy atom. The molecule has 0 unspecified atom stereocenters. The number of nitrogens with one attached hydrogen (secondary N) is 1. The normalized spacial score (nSPS) is 10.8. The Kier molecular flexibility index (Phi) is 3.28. The number of H-pyrrole nitrogens is 1. The van der Waals surface area contributed by atoms with E-state index in [9.17, 15) is 0 Å². The van der Waals surface area contributed by atoms with Crippen molar-refractivity contribution in [2.75, 3.05) is 7.11 Å². The van der Waals surface area contributed by atoms with Crippen LogP contribution in [0, 0.1) is 4.77 Å². The van der Waals surface area contributed by atoms with Crippen molar-refractivity contribution in [3.8, 4) is 11.4 Å². The van der Waals surface area contributed by atoms with Gasteiger partial charge < -0.3 is 4.74 Å². The number of methoxy groups -OCH3 is 1. The summed E-state index contributed by atoms with van der Waals surface area (Å²) in [5.74, 6) is 2.07. The molecule has 1 aromatic heterocycles. The minimum absolute atomic E-state index is 0.310. The molecule has 5 heteroatoms. The first-order valence-corrected chi connectivity index (χ1v) is 5.86. The SMILES string of the molecule is COc1ccc(-n2c(C(C)C)n[nH]c2=S)cc1. The summed E-state index contributed by atoms with van der Waals surface area (Å²) >= 11 is 5.25. The summed E-state index contributed by atoms with van der Waals surface area (Å²) in [6.07, 6.45) is 0. The second kappa shape index (κ2) is 4.71. The van der Waals surface area contributed by atoms with Crippen molar-refractivity contribution < 1.29 is 4.74 Å². The Labute approximate surface area is 105 Å². The Morgan fingerprint density at radius 2 is 1.94 bits per heavy atom. The molecule has 0 radical (unpaired) electrons. The highest BCUT2D eigenvalue weighted by atomic mass is 32.1. The third-order valence-electron chi connectivity index (χ3n) is 2.55. The quantitative estimate of drug-likeness (QED) is 0.850. The van der Waals surface area contributed by atoms with E-state index in [0.717, 1.165) is 17.3 Å². The highest BCUT2D eigenvalue weighted by molar-refractivity contribution is 7.71. The predicted molar refractivity (Wildman–Crippen MR) is 69.4 cm³/mol. The summed E-state index contributed by atoms with van der Waals surface area (Å²) in [7, 11) is 1.65. The lowest BCUT2D eigenvalue weighted by Gasteiger charge is -2.09. The minimum atomic E-state index is 0.310. The molecule has 2 rings (SSSR count). The maximum absolute atomic E-state index is 5.25. The molecule has 1 N–H and O–H groups in total. The van der Waals surface area contributed by atoms with Gasteiger partial charge in [-0.1, -0.05) is 13.8 Å². The first-order valence-electron chi connectivity index (χ1n) is 5.45. The zero-order valence-corrected chi connectivity index (χ0v) is 10.9. The van der Waals surface area contributed by atoms with Gasteiger partial charge >= 0.3 is 0 Å². The first-order chi connectivity index (χ1) is 8.13. The molecule has 0 saturated heterocycles. The van der Waals surface area contributed by atoms with Crippen LogP contribution in [-0.4, -0.2) is 21.9 Å². The molecule has 0 amide bonds. The number of hydrogen-bond donors (Lipinski definition) is 1. The third kappa shape index (κ3) is 2.24. The van der Waals surface area contributed by atoms with Crippen LogP contribution in [0.25, 0.3) is 5.69 Å². The number of aromatic nitrogens is 3. The Balaban J connectivity index is 2.51. The van der Waals surface area contributed by atoms with E-state index in [1.54, 1.807) is 7.11 Å². The second-order valence-corrected chi connectivity index (χ2v) is 4.46. The predicted octanol–water partition coefficient (Wildman–Crippen LogP) is 3.06. The summed E-state index contributed by atoms with van der Waals surface area (Å²) in [6, 6.07) is 7.76. The van der Waals surface area contributed by atoms with Crippen LogP contribution < -0.4 is 4.74 Å². The fourth-order valence-corrected chi connectivity index (χ4v) is 1.92. The number of hydrogen-bond acceptors (Lipinski definition) is 3. The fraction of sp³-hybridized carbons (Fsp3) is 0.333. The maximum Gasteiger partial charge on any atom is 0.199 e. The molecule has 4 nitrogen and oxygen atoms in total. The van der Waals surface area contributed by atoms with Crippen LogP contribution in [0.15, 0.2) is 24.3 Å². The van der Waals surface area contributed by atoms with Crippen molar-refractivity contribution in [1.82, 2.24) is 14.8 Å². The highest BCUT2D eigenvalue weighted by Crippen LogP contribution is 2.20. The van der Waals surface area contributed by atoms with Crippen LogP contribution in [0.5, 0.6) is 5.75 Å². The lowest BCUT2D eigenvalue weighted by molar-refractivity contribution is 0.414. The molecular weight excluding hydrogens is 234 g/mol. The van der Waals surface area contributed by atoms with E-state index in [1.165, 1.54) is 0 Å².